The average Bonchev–Trinajstić information content (AvgIpc) is 2.89. The standard InChI is InChI=1S/C14H13Cl2NO3S2/c1-21-22-7-11-2-3-12(20-11)13(14(18)19)17-10-5-8(15)4-9(16)6-10/h2-6,13,17H,7H2,1H3,(H,18,19). The van der Waals surface area contributed by atoms with Crippen molar-refractivity contribution in [3.63, 3.8) is 0 Å². The molecule has 1 aromatic carbocycles. The fourth-order valence-electron chi connectivity index (χ4n) is 1.80. The molecule has 2 N–H and O–H groups in total. The zero-order valence-corrected chi connectivity index (χ0v) is 14.7. The highest BCUT2D eigenvalue weighted by molar-refractivity contribution is 8.76. The number of furan rings is 1. The Bertz CT molecular complexity index is 643. The van der Waals surface area contributed by atoms with Gasteiger partial charge in [-0.05, 0) is 36.6 Å². The topological polar surface area (TPSA) is 62.5 Å². The van der Waals surface area contributed by atoms with E-state index in [1.807, 2.05) is 6.26 Å². The van der Waals surface area contributed by atoms with Crippen LogP contribution in [-0.4, -0.2) is 17.3 Å². The van der Waals surface area contributed by atoms with Gasteiger partial charge in [0.05, 0.1) is 5.75 Å². The van der Waals surface area contributed by atoms with Gasteiger partial charge in [-0.3, -0.25) is 0 Å². The van der Waals surface area contributed by atoms with Crippen molar-refractivity contribution in [1.82, 2.24) is 0 Å². The van der Waals surface area contributed by atoms with Crippen LogP contribution in [0.2, 0.25) is 10.0 Å². The molecular weight excluding hydrogens is 365 g/mol. The molecule has 0 aliphatic carbocycles. The highest BCUT2D eigenvalue weighted by Crippen LogP contribution is 2.29. The minimum absolute atomic E-state index is 0.334. The third-order valence-electron chi connectivity index (χ3n) is 2.71. The molecule has 1 atom stereocenters. The van der Waals surface area contributed by atoms with Gasteiger partial charge in [0.15, 0.2) is 6.04 Å². The fourth-order valence-corrected chi connectivity index (χ4v) is 3.42. The lowest BCUT2D eigenvalue weighted by molar-refractivity contribution is -0.138. The van der Waals surface area contributed by atoms with Gasteiger partial charge in [0.25, 0.3) is 0 Å². The van der Waals surface area contributed by atoms with Gasteiger partial charge in [-0.25, -0.2) is 4.79 Å². The van der Waals surface area contributed by atoms with E-state index in [4.69, 9.17) is 27.6 Å². The van der Waals surface area contributed by atoms with Crippen LogP contribution in [0, 0.1) is 0 Å². The summed E-state index contributed by atoms with van der Waals surface area (Å²) in [4.78, 5) is 11.5. The molecule has 0 radical (unpaired) electrons. The third kappa shape index (κ3) is 4.78. The van der Waals surface area contributed by atoms with Crippen molar-refractivity contribution < 1.29 is 14.3 Å². The summed E-state index contributed by atoms with van der Waals surface area (Å²) >= 11 is 11.8. The largest absolute Gasteiger partial charge is 0.479 e. The molecule has 22 heavy (non-hydrogen) atoms. The number of hydrogen-bond acceptors (Lipinski definition) is 5. The highest BCUT2D eigenvalue weighted by Gasteiger charge is 2.23. The molecule has 0 saturated heterocycles. The monoisotopic (exact) mass is 377 g/mol. The van der Waals surface area contributed by atoms with Gasteiger partial charge < -0.3 is 14.8 Å². The lowest BCUT2D eigenvalue weighted by Crippen LogP contribution is -2.19. The highest BCUT2D eigenvalue weighted by atomic mass is 35.5. The predicted octanol–water partition coefficient (Wildman–Crippen LogP) is 5.34. The molecule has 8 heteroatoms. The molecule has 1 unspecified atom stereocenters. The van der Waals surface area contributed by atoms with Crippen LogP contribution in [0.4, 0.5) is 5.69 Å². The van der Waals surface area contributed by atoms with E-state index in [2.05, 4.69) is 5.32 Å². The Morgan fingerprint density at radius 1 is 1.32 bits per heavy atom. The van der Waals surface area contributed by atoms with Crippen molar-refractivity contribution in [3.05, 3.63) is 51.9 Å². The maximum absolute atomic E-state index is 11.5. The normalized spacial score (nSPS) is 12.1. The number of hydrogen-bond donors (Lipinski definition) is 2. The number of aliphatic carboxylic acids is 1. The van der Waals surface area contributed by atoms with Crippen LogP contribution in [0.15, 0.2) is 34.7 Å². The third-order valence-corrected chi connectivity index (χ3v) is 4.84. The minimum atomic E-state index is -1.05. The molecule has 0 spiro atoms. The molecule has 0 saturated carbocycles. The van der Waals surface area contributed by atoms with Crippen LogP contribution >= 0.6 is 44.8 Å². The van der Waals surface area contributed by atoms with E-state index in [0.717, 1.165) is 5.76 Å². The summed E-state index contributed by atoms with van der Waals surface area (Å²) in [5.74, 6) is 0.692. The summed E-state index contributed by atoms with van der Waals surface area (Å²) in [6, 6.07) is 7.22. The summed E-state index contributed by atoms with van der Waals surface area (Å²) in [6.45, 7) is 0. The Labute approximate surface area is 146 Å². The van der Waals surface area contributed by atoms with Crippen molar-refractivity contribution in [2.24, 2.45) is 0 Å². The molecule has 1 aromatic heterocycles. The molecule has 2 aromatic rings. The number of nitrogens with one attached hydrogen (secondary N) is 1. The molecule has 0 fully saturated rings. The second-order valence-corrected chi connectivity index (χ2v) is 7.74. The lowest BCUT2D eigenvalue weighted by Gasteiger charge is -2.14. The summed E-state index contributed by atoms with van der Waals surface area (Å²) in [5.41, 5.74) is 0.515. The summed E-state index contributed by atoms with van der Waals surface area (Å²) in [5, 5.41) is 13.1. The minimum Gasteiger partial charge on any atom is -0.479 e. The number of halogens is 2. The van der Waals surface area contributed by atoms with Crippen molar-refractivity contribution in [1.29, 1.82) is 0 Å². The maximum atomic E-state index is 11.5. The van der Waals surface area contributed by atoms with Crippen LogP contribution < -0.4 is 5.32 Å². The Morgan fingerprint density at radius 2 is 2.00 bits per heavy atom. The molecule has 1 heterocycles. The van der Waals surface area contributed by atoms with Gasteiger partial charge in [0, 0.05) is 15.7 Å². The number of carbonyl (C=O) groups is 1. The number of carboxylic acid groups (broad SMARTS) is 1. The van der Waals surface area contributed by atoms with E-state index >= 15 is 0 Å². The van der Waals surface area contributed by atoms with E-state index < -0.39 is 12.0 Å². The lowest BCUT2D eigenvalue weighted by atomic mass is 10.2. The SMILES string of the molecule is CSSCc1ccc(C(Nc2cc(Cl)cc(Cl)c2)C(=O)O)o1. The molecule has 118 valence electrons. The molecule has 0 amide bonds. The number of benzene rings is 1. The van der Waals surface area contributed by atoms with E-state index in [1.54, 1.807) is 51.9 Å². The predicted molar refractivity (Wildman–Crippen MR) is 94.0 cm³/mol. The zero-order valence-electron chi connectivity index (χ0n) is 11.5. The molecule has 2 rings (SSSR count). The van der Waals surface area contributed by atoms with E-state index in [9.17, 15) is 9.90 Å². The summed E-state index contributed by atoms with van der Waals surface area (Å²) < 4.78 is 5.60. The Morgan fingerprint density at radius 3 is 2.59 bits per heavy atom. The number of rotatable bonds is 7. The fraction of sp³-hybridized carbons (Fsp3) is 0.214. The second kappa shape index (κ2) is 8.06. The Hall–Kier alpha value is -0.950. The van der Waals surface area contributed by atoms with E-state index in [0.29, 0.717) is 27.2 Å². The van der Waals surface area contributed by atoms with Crippen molar-refractivity contribution >= 4 is 56.4 Å². The quantitative estimate of drug-likeness (QED) is 0.635. The Balaban J connectivity index is 2.19. The Kier molecular flexibility index (Phi) is 6.37. The van der Waals surface area contributed by atoms with Crippen molar-refractivity contribution in [2.75, 3.05) is 11.6 Å². The van der Waals surface area contributed by atoms with Gasteiger partial charge in [-0.2, -0.15) is 0 Å². The van der Waals surface area contributed by atoms with Gasteiger partial charge >= 0.3 is 5.97 Å². The van der Waals surface area contributed by atoms with Gasteiger partial charge in [-0.1, -0.05) is 44.8 Å². The van der Waals surface area contributed by atoms with E-state index in [1.165, 1.54) is 0 Å². The second-order valence-electron chi connectivity index (χ2n) is 4.31. The van der Waals surface area contributed by atoms with Crippen molar-refractivity contribution in [2.45, 2.75) is 11.8 Å². The maximum Gasteiger partial charge on any atom is 0.334 e. The summed E-state index contributed by atoms with van der Waals surface area (Å²) in [7, 11) is 3.24. The van der Waals surface area contributed by atoms with Crippen LogP contribution in [0.1, 0.15) is 17.6 Å². The first-order valence-electron chi connectivity index (χ1n) is 6.19. The number of carboxylic acids is 1. The van der Waals surface area contributed by atoms with Crippen LogP contribution in [0.3, 0.4) is 0 Å². The first-order valence-corrected chi connectivity index (χ1v) is 9.67. The molecule has 0 bridgehead atoms. The van der Waals surface area contributed by atoms with Crippen LogP contribution in [-0.2, 0) is 10.5 Å². The first kappa shape index (κ1) is 17.4. The van der Waals surface area contributed by atoms with Gasteiger partial charge in [0.1, 0.15) is 11.5 Å². The molecule has 0 aliphatic heterocycles. The zero-order chi connectivity index (χ0) is 16.1. The van der Waals surface area contributed by atoms with Gasteiger partial charge in [0.2, 0.25) is 0 Å². The molecule has 0 aliphatic rings. The average molecular weight is 378 g/mol. The van der Waals surface area contributed by atoms with Crippen LogP contribution in [0.25, 0.3) is 0 Å². The number of anilines is 1. The smallest absolute Gasteiger partial charge is 0.334 e. The van der Waals surface area contributed by atoms with Gasteiger partial charge in [-0.15, -0.1) is 0 Å². The molecular formula is C14H13Cl2NO3S2. The molecule has 4 nitrogen and oxygen atoms in total. The summed E-state index contributed by atoms with van der Waals surface area (Å²) in [6.07, 6.45) is 1.97. The van der Waals surface area contributed by atoms with E-state index in [-0.39, 0.29) is 0 Å². The van der Waals surface area contributed by atoms with Crippen molar-refractivity contribution in [3.8, 4) is 0 Å². The van der Waals surface area contributed by atoms with Crippen LogP contribution in [0.5, 0.6) is 0 Å². The first-order chi connectivity index (χ1) is 10.5.